The van der Waals surface area contributed by atoms with Crippen molar-refractivity contribution >= 4 is 34.3 Å². The number of ether oxygens (including phenoxy) is 1. The van der Waals surface area contributed by atoms with Crippen molar-refractivity contribution in [2.75, 3.05) is 25.0 Å². The second kappa shape index (κ2) is 9.29. The highest BCUT2D eigenvalue weighted by Crippen LogP contribution is 2.24. The summed E-state index contributed by atoms with van der Waals surface area (Å²) < 4.78 is 6.51. The molecule has 1 unspecified atom stereocenters. The Morgan fingerprint density at radius 3 is 2.65 bits per heavy atom. The summed E-state index contributed by atoms with van der Waals surface area (Å²) >= 11 is 2.14. The number of amides is 2. The maximum atomic E-state index is 11.5. The van der Waals surface area contributed by atoms with Crippen molar-refractivity contribution in [2.24, 2.45) is 0 Å². The van der Waals surface area contributed by atoms with Crippen LogP contribution in [0.5, 0.6) is 5.75 Å². The van der Waals surface area contributed by atoms with E-state index in [2.05, 4.69) is 38.5 Å². The predicted molar refractivity (Wildman–Crippen MR) is 101 cm³/mol. The van der Waals surface area contributed by atoms with E-state index in [0.29, 0.717) is 24.5 Å². The number of β-amino-alcohol motifs (C(OH)–C–C–N with tert-alkyl or cyclic N) is 1. The number of carbonyl (C=O) groups excluding carboxylic acids is 1. The Labute approximate surface area is 151 Å². The molecular weight excluding hydrogens is 409 g/mol. The number of rotatable bonds is 7. The highest BCUT2D eigenvalue weighted by atomic mass is 127. The van der Waals surface area contributed by atoms with Gasteiger partial charge in [0.15, 0.2) is 0 Å². The number of halogens is 1. The number of carbonyl (C=O) groups is 1. The van der Waals surface area contributed by atoms with Crippen molar-refractivity contribution in [1.82, 2.24) is 10.6 Å². The lowest BCUT2D eigenvalue weighted by molar-refractivity contribution is 0.0996. The summed E-state index contributed by atoms with van der Waals surface area (Å²) in [6, 6.07) is 5.14. The zero-order valence-electron chi connectivity index (χ0n) is 14.1. The van der Waals surface area contributed by atoms with Gasteiger partial charge in [-0.1, -0.05) is 0 Å². The van der Waals surface area contributed by atoms with Crippen molar-refractivity contribution in [3.63, 3.8) is 0 Å². The molecule has 23 heavy (non-hydrogen) atoms. The normalized spacial score (nSPS) is 12.6. The Hall–Kier alpha value is -1.06. The van der Waals surface area contributed by atoms with Crippen LogP contribution in [0.3, 0.4) is 0 Å². The largest absolute Gasteiger partial charge is 0.490 e. The molecule has 0 bridgehead atoms. The molecular formula is C16H26IN3O3. The Kier molecular flexibility index (Phi) is 8.07. The Morgan fingerprint density at radius 1 is 1.39 bits per heavy atom. The van der Waals surface area contributed by atoms with Gasteiger partial charge in [-0.3, -0.25) is 0 Å². The molecule has 0 aromatic heterocycles. The van der Waals surface area contributed by atoms with Gasteiger partial charge in [0.1, 0.15) is 18.5 Å². The molecule has 0 radical (unpaired) electrons. The fourth-order valence-electron chi connectivity index (χ4n) is 1.70. The first kappa shape index (κ1) is 20.0. The van der Waals surface area contributed by atoms with E-state index in [9.17, 15) is 9.90 Å². The van der Waals surface area contributed by atoms with Gasteiger partial charge in [0.2, 0.25) is 0 Å². The molecule has 130 valence electrons. The molecule has 4 N–H and O–H groups in total. The average Bonchev–Trinajstić information content (AvgIpc) is 2.43. The molecule has 1 atom stereocenters. The van der Waals surface area contributed by atoms with E-state index in [1.807, 2.05) is 33.8 Å². The SMILES string of the molecule is CCNC(=O)Nc1ccc(OCC(O)CNC(C)(C)C)c(I)c1. The van der Waals surface area contributed by atoms with Gasteiger partial charge in [0, 0.05) is 24.3 Å². The maximum Gasteiger partial charge on any atom is 0.319 e. The highest BCUT2D eigenvalue weighted by molar-refractivity contribution is 14.1. The van der Waals surface area contributed by atoms with Crippen LogP contribution in [0.1, 0.15) is 27.7 Å². The van der Waals surface area contributed by atoms with E-state index in [1.165, 1.54) is 0 Å². The number of benzene rings is 1. The van der Waals surface area contributed by atoms with Gasteiger partial charge in [0.05, 0.1) is 3.57 Å². The first-order valence-corrected chi connectivity index (χ1v) is 8.69. The number of hydrogen-bond acceptors (Lipinski definition) is 4. The van der Waals surface area contributed by atoms with Gasteiger partial charge in [-0.25, -0.2) is 4.79 Å². The number of nitrogens with one attached hydrogen (secondary N) is 3. The van der Waals surface area contributed by atoms with Crippen molar-refractivity contribution in [2.45, 2.75) is 39.3 Å². The summed E-state index contributed by atoms with van der Waals surface area (Å²) in [6.45, 7) is 9.25. The molecule has 1 aromatic carbocycles. The smallest absolute Gasteiger partial charge is 0.319 e. The summed E-state index contributed by atoms with van der Waals surface area (Å²) in [5.74, 6) is 0.682. The van der Waals surface area contributed by atoms with Crippen LogP contribution in [0.4, 0.5) is 10.5 Å². The first-order chi connectivity index (χ1) is 10.7. The fraction of sp³-hybridized carbons (Fsp3) is 0.562. The summed E-state index contributed by atoms with van der Waals surface area (Å²) in [5, 5.41) is 18.6. The van der Waals surface area contributed by atoms with E-state index in [-0.39, 0.29) is 18.2 Å². The Balaban J connectivity index is 2.50. The minimum atomic E-state index is -0.585. The summed E-state index contributed by atoms with van der Waals surface area (Å²) in [6.07, 6.45) is -0.585. The topological polar surface area (TPSA) is 82.6 Å². The second-order valence-corrected chi connectivity index (χ2v) is 7.39. The minimum Gasteiger partial charge on any atom is -0.490 e. The third kappa shape index (κ3) is 8.38. The molecule has 0 spiro atoms. The molecule has 0 heterocycles. The van der Waals surface area contributed by atoms with Crippen LogP contribution in [0.2, 0.25) is 0 Å². The van der Waals surface area contributed by atoms with Gasteiger partial charge in [-0.2, -0.15) is 0 Å². The molecule has 0 aliphatic heterocycles. The van der Waals surface area contributed by atoms with Crippen LogP contribution in [-0.2, 0) is 0 Å². The average molecular weight is 435 g/mol. The molecule has 6 nitrogen and oxygen atoms in total. The van der Waals surface area contributed by atoms with Crippen LogP contribution in [-0.4, -0.2) is 42.5 Å². The van der Waals surface area contributed by atoms with Gasteiger partial charge in [-0.05, 0) is 68.5 Å². The van der Waals surface area contributed by atoms with Crippen molar-refractivity contribution in [1.29, 1.82) is 0 Å². The minimum absolute atomic E-state index is 0.0399. The molecule has 0 saturated carbocycles. The maximum absolute atomic E-state index is 11.5. The van der Waals surface area contributed by atoms with Gasteiger partial charge in [0.25, 0.3) is 0 Å². The van der Waals surface area contributed by atoms with Crippen molar-refractivity contribution < 1.29 is 14.6 Å². The molecule has 0 fully saturated rings. The van der Waals surface area contributed by atoms with E-state index < -0.39 is 6.10 Å². The standard InChI is InChI=1S/C16H26IN3O3/c1-5-18-15(22)20-11-6-7-14(13(17)8-11)23-10-12(21)9-19-16(2,3)4/h6-8,12,19,21H,5,9-10H2,1-4H3,(H2,18,20,22). The number of aliphatic hydroxyl groups is 1. The number of urea groups is 1. The molecule has 2 amide bonds. The summed E-state index contributed by atoms with van der Waals surface area (Å²) in [4.78, 5) is 11.5. The van der Waals surface area contributed by atoms with Gasteiger partial charge in [-0.15, -0.1) is 0 Å². The van der Waals surface area contributed by atoms with Gasteiger partial charge < -0.3 is 25.8 Å². The predicted octanol–water partition coefficient (Wildman–Crippen LogP) is 2.56. The monoisotopic (exact) mass is 435 g/mol. The van der Waals surface area contributed by atoms with Crippen molar-refractivity contribution in [3.8, 4) is 5.75 Å². The number of aliphatic hydroxyl groups excluding tert-OH is 1. The lowest BCUT2D eigenvalue weighted by Crippen LogP contribution is -2.42. The van der Waals surface area contributed by atoms with E-state index in [1.54, 1.807) is 12.1 Å². The molecule has 0 saturated heterocycles. The van der Waals surface area contributed by atoms with E-state index in [0.717, 1.165) is 3.57 Å². The number of anilines is 1. The zero-order chi connectivity index (χ0) is 17.5. The van der Waals surface area contributed by atoms with E-state index >= 15 is 0 Å². The van der Waals surface area contributed by atoms with Crippen LogP contribution in [0.25, 0.3) is 0 Å². The lowest BCUT2D eigenvalue weighted by atomic mass is 10.1. The lowest BCUT2D eigenvalue weighted by Gasteiger charge is -2.23. The summed E-state index contributed by atoms with van der Waals surface area (Å²) in [7, 11) is 0. The fourth-order valence-corrected chi connectivity index (χ4v) is 2.37. The van der Waals surface area contributed by atoms with Crippen LogP contribution < -0.4 is 20.7 Å². The van der Waals surface area contributed by atoms with E-state index in [4.69, 9.17) is 4.74 Å². The third-order valence-electron chi connectivity index (χ3n) is 2.83. The van der Waals surface area contributed by atoms with Crippen LogP contribution in [0, 0.1) is 3.57 Å². The molecule has 0 aliphatic carbocycles. The molecule has 0 aliphatic rings. The first-order valence-electron chi connectivity index (χ1n) is 7.61. The van der Waals surface area contributed by atoms with Crippen LogP contribution in [0.15, 0.2) is 18.2 Å². The molecule has 7 heteroatoms. The Morgan fingerprint density at radius 2 is 2.09 bits per heavy atom. The second-order valence-electron chi connectivity index (χ2n) is 6.23. The molecule has 1 rings (SSSR count). The van der Waals surface area contributed by atoms with Crippen molar-refractivity contribution in [3.05, 3.63) is 21.8 Å². The Bertz CT molecular complexity index is 518. The third-order valence-corrected chi connectivity index (χ3v) is 3.67. The highest BCUT2D eigenvalue weighted by Gasteiger charge is 2.13. The zero-order valence-corrected chi connectivity index (χ0v) is 16.2. The summed E-state index contributed by atoms with van der Waals surface area (Å²) in [5.41, 5.74) is 0.657. The number of hydrogen-bond donors (Lipinski definition) is 4. The van der Waals surface area contributed by atoms with Crippen LogP contribution >= 0.6 is 22.6 Å². The molecule has 1 aromatic rings. The quantitative estimate of drug-likeness (QED) is 0.497. The van der Waals surface area contributed by atoms with Gasteiger partial charge >= 0.3 is 6.03 Å².